The summed E-state index contributed by atoms with van der Waals surface area (Å²) in [6, 6.07) is 46.1. The van der Waals surface area contributed by atoms with Crippen molar-refractivity contribution >= 4 is 40.1 Å². The molecule has 0 saturated carbocycles. The molecule has 32 nitrogen and oxygen atoms in total. The summed E-state index contributed by atoms with van der Waals surface area (Å²) in [7, 11) is 10.1. The Balaban J connectivity index is 0.000000137. The molecule has 0 bridgehead atoms. The van der Waals surface area contributed by atoms with E-state index in [1.54, 1.807) is 74.1 Å². The smallest absolute Gasteiger partial charge is 0.368 e. The van der Waals surface area contributed by atoms with Crippen molar-refractivity contribution < 1.29 is 18.9 Å². The predicted molar refractivity (Wildman–Crippen MR) is 453 cm³/mol. The molecule has 8 aromatic carbocycles. The minimum atomic E-state index is -0.354. The highest BCUT2D eigenvalue weighted by Crippen LogP contribution is 2.36. The maximum atomic E-state index is 12.3. The first-order valence-electron chi connectivity index (χ1n) is 37.2. The zero-order valence-electron chi connectivity index (χ0n) is 68.1. The Bertz CT molecular complexity index is 6720. The van der Waals surface area contributed by atoms with Crippen molar-refractivity contribution in [3.05, 3.63) is 299 Å². The molecule has 0 radical (unpaired) electrons. The molecule has 0 aliphatic carbocycles. The van der Waals surface area contributed by atoms with E-state index < -0.39 is 0 Å². The van der Waals surface area contributed by atoms with Gasteiger partial charge < -0.3 is 28.4 Å². The number of hydrogen-bond acceptors (Lipinski definition) is 23. The summed E-state index contributed by atoms with van der Waals surface area (Å²) in [5, 5.41) is 39.4. The minimum absolute atomic E-state index is 0.188. The van der Waals surface area contributed by atoms with Crippen molar-refractivity contribution in [2.24, 2.45) is 42.3 Å². The Morgan fingerprint density at radius 1 is 0.429 bits per heavy atom. The van der Waals surface area contributed by atoms with E-state index in [2.05, 4.69) is 90.6 Å². The van der Waals surface area contributed by atoms with Gasteiger partial charge in [-0.1, -0.05) is 60.6 Å². The molecule has 119 heavy (non-hydrogen) atoms. The summed E-state index contributed by atoms with van der Waals surface area (Å²) >= 11 is 9.54. The van der Waals surface area contributed by atoms with Crippen molar-refractivity contribution in [2.75, 3.05) is 0 Å². The van der Waals surface area contributed by atoms with Gasteiger partial charge in [-0.15, -0.1) is 27.7 Å². The minimum Gasteiger partial charge on any atom is -0.489 e. The highest BCUT2D eigenvalue weighted by atomic mass is 35.5. The van der Waals surface area contributed by atoms with Crippen LogP contribution in [0.3, 0.4) is 0 Å². The number of ether oxygens (including phenoxy) is 4. The summed E-state index contributed by atoms with van der Waals surface area (Å²) < 4.78 is 37.9. The quantitative estimate of drug-likeness (QED) is 0.0640. The lowest BCUT2D eigenvalue weighted by atomic mass is 10.1. The number of halogens is 1. The summed E-state index contributed by atoms with van der Waals surface area (Å²) in [6.45, 7) is 28.1. The fourth-order valence-electron chi connectivity index (χ4n) is 12.8. The molecule has 0 fully saturated rings. The average molecular weight is 1660 g/mol. The van der Waals surface area contributed by atoms with E-state index in [1.165, 1.54) is 49.0 Å². The Morgan fingerprint density at radius 2 is 0.815 bits per heavy atom. The van der Waals surface area contributed by atoms with Gasteiger partial charge in [0, 0.05) is 108 Å². The van der Waals surface area contributed by atoms with Crippen LogP contribution < -0.4 is 41.7 Å². The van der Waals surface area contributed by atoms with Crippen molar-refractivity contribution in [3.8, 4) is 90.2 Å². The lowest BCUT2D eigenvalue weighted by molar-refractivity contribution is 0.302. The first-order chi connectivity index (χ1) is 57.1. The van der Waals surface area contributed by atoms with E-state index in [-0.39, 0.29) is 36.0 Å². The number of rotatable bonds is 20. The molecule has 606 valence electrons. The monoisotopic (exact) mass is 1650 g/mol. The summed E-state index contributed by atoms with van der Waals surface area (Å²) in [6.07, 6.45) is 3.69. The van der Waals surface area contributed by atoms with Gasteiger partial charge in [0.05, 0.1) is 39.1 Å². The van der Waals surface area contributed by atoms with Crippen LogP contribution in [0.25, 0.3) is 72.1 Å². The molecular formula is C84H83ClN24O8S2. The lowest BCUT2D eigenvalue weighted by Crippen LogP contribution is -2.23. The Morgan fingerprint density at radius 3 is 1.18 bits per heavy atom. The van der Waals surface area contributed by atoms with Gasteiger partial charge in [-0.2, -0.15) is 42.6 Å². The third-order valence-electron chi connectivity index (χ3n) is 19.5. The van der Waals surface area contributed by atoms with Gasteiger partial charge in [-0.3, -0.25) is 4.68 Å². The van der Waals surface area contributed by atoms with Crippen LogP contribution in [0.2, 0.25) is 5.02 Å². The van der Waals surface area contributed by atoms with Gasteiger partial charge in [0.2, 0.25) is 5.01 Å². The molecule has 0 N–H and O–H groups in total. The van der Waals surface area contributed by atoms with Crippen molar-refractivity contribution in [3.63, 3.8) is 0 Å². The molecule has 8 heterocycles. The predicted octanol–water partition coefficient (Wildman–Crippen LogP) is 12.9. The number of thiazole rings is 2. The van der Waals surface area contributed by atoms with Gasteiger partial charge in [0.15, 0.2) is 5.82 Å². The molecule has 8 aromatic heterocycles. The second kappa shape index (κ2) is 35.9. The van der Waals surface area contributed by atoms with Crippen LogP contribution >= 0.6 is 34.3 Å². The normalized spacial score (nSPS) is 11.0. The van der Waals surface area contributed by atoms with E-state index in [9.17, 15) is 19.2 Å². The average Bonchev–Trinajstić information content (AvgIpc) is 1.74. The van der Waals surface area contributed by atoms with Crippen LogP contribution in [0.1, 0.15) is 76.9 Å². The van der Waals surface area contributed by atoms with E-state index in [1.807, 2.05) is 202 Å². The number of nitrogens with zero attached hydrogens (tertiary/aromatic N) is 24. The number of benzene rings is 8. The Labute approximate surface area is 695 Å². The number of tetrazole rings is 4. The summed E-state index contributed by atoms with van der Waals surface area (Å²) in [4.78, 5) is 71.5. The zero-order valence-corrected chi connectivity index (χ0v) is 70.5. The van der Waals surface area contributed by atoms with Gasteiger partial charge >= 0.3 is 22.8 Å². The van der Waals surface area contributed by atoms with Gasteiger partial charge in [0.25, 0.3) is 5.82 Å². The van der Waals surface area contributed by atoms with E-state index >= 15 is 0 Å². The van der Waals surface area contributed by atoms with Gasteiger partial charge in [0.1, 0.15) is 61.6 Å². The maximum absolute atomic E-state index is 12.3. The van der Waals surface area contributed by atoms with Crippen molar-refractivity contribution in [1.29, 1.82) is 0 Å². The molecule has 0 aliphatic heterocycles. The van der Waals surface area contributed by atoms with Crippen molar-refractivity contribution in [2.45, 2.75) is 95.7 Å². The van der Waals surface area contributed by atoms with E-state index in [0.29, 0.717) is 58.2 Å². The maximum Gasteiger partial charge on any atom is 0.368 e. The van der Waals surface area contributed by atoms with Gasteiger partial charge in [-0.25, -0.2) is 34.1 Å². The fraction of sp³-hybridized carbons (Fsp3) is 0.238. The van der Waals surface area contributed by atoms with Crippen LogP contribution in [-0.4, -0.2) is 113 Å². The third-order valence-corrected chi connectivity index (χ3v) is 21.6. The van der Waals surface area contributed by atoms with Crippen LogP contribution in [0.15, 0.2) is 183 Å². The highest BCUT2D eigenvalue weighted by molar-refractivity contribution is 7.13. The molecular weight excluding hydrogens is 1570 g/mol. The Kier molecular flexibility index (Phi) is 25.0. The Hall–Kier alpha value is -14.2. The number of hydrogen-bond donors (Lipinski definition) is 0. The molecule has 0 aliphatic rings. The molecule has 0 unspecified atom stereocenters. The topological polar surface area (TPSA) is 326 Å². The highest BCUT2D eigenvalue weighted by Gasteiger charge is 2.22. The first kappa shape index (κ1) is 82.8. The first-order valence-corrected chi connectivity index (χ1v) is 39.3. The van der Waals surface area contributed by atoms with E-state index in [0.717, 1.165) is 133 Å². The number of imidazole rings is 1. The third kappa shape index (κ3) is 18.4. The summed E-state index contributed by atoms with van der Waals surface area (Å²) in [5.74, 6) is 5.05. The fourth-order valence-corrected chi connectivity index (χ4v) is 14.6. The van der Waals surface area contributed by atoms with Crippen LogP contribution in [0.5, 0.6) is 23.0 Å². The lowest BCUT2D eigenvalue weighted by Gasteiger charge is -2.14. The molecule has 0 spiro atoms. The van der Waals surface area contributed by atoms with Crippen molar-refractivity contribution in [1.82, 2.24) is 113 Å². The number of aryl methyl sites for hydroxylation is 16. The molecule has 0 saturated heterocycles. The van der Waals surface area contributed by atoms with Crippen LogP contribution in [-0.2, 0) is 68.7 Å². The van der Waals surface area contributed by atoms with Gasteiger partial charge in [-0.05, 0) is 253 Å². The SMILES string of the molecule is Cc1cc(-c2cn(C)c(C)n2)ccc1OCc1c(C)cccc1-n1nnn(C)c1=O.Cc1cc(-c2ncn(C)n2)ccc1OCc1c(C)cccc1-n1nnn(C)c1=O.Cc1nc(-c2ccc(OCc3c(Cl)cccc3-n3nnn(C)c3=O)c(C)c2)c(C)s1.[C-]#[N+]c1csc(-c2ccc(OCc3c(C)cccc3-n3nnn(C)c3=O)c(C)c2)n1. The number of aromatic nitrogens is 23. The van der Waals surface area contributed by atoms with Crippen LogP contribution in [0.4, 0.5) is 5.82 Å². The second-order valence-electron chi connectivity index (χ2n) is 28.0. The molecule has 0 atom stereocenters. The van der Waals surface area contributed by atoms with E-state index in [4.69, 9.17) is 37.1 Å². The zero-order chi connectivity index (χ0) is 84.6. The second-order valence-corrected chi connectivity index (χ2v) is 30.7. The summed E-state index contributed by atoms with van der Waals surface area (Å²) in [5.41, 5.74) is 17.4. The van der Waals surface area contributed by atoms with Crippen LogP contribution in [0, 0.1) is 75.8 Å². The molecule has 16 rings (SSSR count). The largest absolute Gasteiger partial charge is 0.489 e. The molecule has 16 aromatic rings. The molecule has 0 amide bonds. The molecule has 35 heteroatoms. The standard InChI is InChI=1S/C22H24N6O2.C21H20ClN5O2S.C21H18N6O2S.C20H21N7O2/c1-14-7-6-8-20(28-22(29)27(5)24-25-28)18(14)13-30-21-10-9-17(11-15(21)2)19-12-26(4)16(3)23-19;1-12-10-15(20-13(2)30-14(3)23-20)8-9-19(12)29-11-16-17(22)6-5-7-18(16)27-21(28)26(4)24-25-27;1-13-6-5-7-17(27-21(28)26(4)24-25-27)16(13)11-29-18-9-8-15(10-14(18)2)20-23-19(22-3)12-30-20;1-13-6-5-7-17(27-20(28)26(4)23-24-27)16(13)11-29-18-9-8-15(10-14(18)2)19-21-12-25(3)22-19/h6-12H,13H2,1-5H3;5-10H,11H2,1-4H3;5-10,12H,11H2,1-2,4H3;5-10,12H,11H2,1-4H3.